The summed E-state index contributed by atoms with van der Waals surface area (Å²) in [6.45, 7) is 5.46. The van der Waals surface area contributed by atoms with Crippen LogP contribution in [0.25, 0.3) is 6.08 Å². The summed E-state index contributed by atoms with van der Waals surface area (Å²) in [4.78, 5) is 0. The highest BCUT2D eigenvalue weighted by Crippen LogP contribution is 2.67. The first-order valence-corrected chi connectivity index (χ1v) is 16.8. The summed E-state index contributed by atoms with van der Waals surface area (Å²) in [5, 5.41) is 18.1. The van der Waals surface area contributed by atoms with Crippen LogP contribution in [0.2, 0.25) is 0 Å². The lowest BCUT2D eigenvalue weighted by Crippen LogP contribution is -2.54. The van der Waals surface area contributed by atoms with Crippen molar-refractivity contribution in [1.82, 2.24) is 10.5 Å². The quantitative estimate of drug-likeness (QED) is 0.254. The van der Waals surface area contributed by atoms with E-state index in [1.54, 1.807) is 5.57 Å². The van der Waals surface area contributed by atoms with E-state index in [9.17, 15) is 18.3 Å². The standard InChI is InChI=1S/C22H27NO2.C17H18F3NO.ClH/c1-4-22(24)10-8-18-16-6-5-15-11-19-14(13-23-25-19)12-20(15,2)17(16)7-9-21(18,22)3;1-21-12-11-16(13-5-3-2-4-6-13)22-15-9-7-14(8-10-15)17(18,19)20;/h1,11,13,16-18,24H,5-10,12H2,2-3H3;2-10,16,21H,11-12H2,1H3;1H. The molecule has 0 radical (unpaired) electrons. The van der Waals surface area contributed by atoms with Crippen molar-refractivity contribution in [2.24, 2.45) is 28.6 Å². The van der Waals surface area contributed by atoms with Crippen molar-refractivity contribution in [3.05, 3.63) is 88.8 Å². The Morgan fingerprint density at radius 1 is 1.06 bits per heavy atom. The van der Waals surface area contributed by atoms with Gasteiger partial charge in [-0.1, -0.05) is 60.8 Å². The topological polar surface area (TPSA) is 67.5 Å². The van der Waals surface area contributed by atoms with Crippen molar-refractivity contribution in [2.75, 3.05) is 13.6 Å². The zero-order valence-electron chi connectivity index (χ0n) is 27.9. The molecule has 0 spiro atoms. The molecular weight excluding hydrogens is 637 g/mol. The lowest BCUT2D eigenvalue weighted by Gasteiger charge is -2.58. The van der Waals surface area contributed by atoms with Crippen LogP contribution >= 0.6 is 12.4 Å². The number of halogens is 4. The van der Waals surface area contributed by atoms with Gasteiger partial charge in [0.05, 0.1) is 11.8 Å². The SMILES string of the molecule is C#CC1(O)CCC2C3CCC4=Cc5oncc5CC4(C)C3CCC21C.CNCCC(Oc1ccc(C(F)(F)F)cc1)c1ccccc1.Cl. The monoisotopic (exact) mass is 682 g/mol. The second-order valence-electron chi connectivity index (χ2n) is 14.3. The van der Waals surface area contributed by atoms with E-state index in [1.807, 2.05) is 43.6 Å². The Labute approximate surface area is 288 Å². The third-order valence-electron chi connectivity index (χ3n) is 12.0. The molecule has 3 saturated carbocycles. The number of terminal acetylenes is 1. The molecule has 4 aliphatic carbocycles. The van der Waals surface area contributed by atoms with Crippen molar-refractivity contribution < 1.29 is 27.5 Å². The highest BCUT2D eigenvalue weighted by molar-refractivity contribution is 5.85. The number of ether oxygens (including phenoxy) is 1. The average molecular weight is 683 g/mol. The Bertz CT molecular complexity index is 1620. The molecule has 2 aromatic carbocycles. The summed E-state index contributed by atoms with van der Waals surface area (Å²) in [5.74, 6) is 6.07. The molecule has 3 aromatic rings. The molecule has 1 heterocycles. The number of allylic oxidation sites excluding steroid dienone is 1. The first kappa shape index (κ1) is 36.0. The van der Waals surface area contributed by atoms with Gasteiger partial charge in [0.2, 0.25) is 0 Å². The Hall–Kier alpha value is -3.25. The Morgan fingerprint density at radius 2 is 1.77 bits per heavy atom. The number of aliphatic hydroxyl groups is 1. The zero-order chi connectivity index (χ0) is 33.5. The van der Waals surface area contributed by atoms with Gasteiger partial charge in [0.1, 0.15) is 17.5 Å². The maximum absolute atomic E-state index is 12.6. The van der Waals surface area contributed by atoms with Crippen LogP contribution in [0.3, 0.4) is 0 Å². The fourth-order valence-electron chi connectivity index (χ4n) is 9.26. The first-order valence-electron chi connectivity index (χ1n) is 16.8. The van der Waals surface area contributed by atoms with Crippen LogP contribution in [0.1, 0.15) is 87.3 Å². The van der Waals surface area contributed by atoms with Crippen molar-refractivity contribution in [3.63, 3.8) is 0 Å². The van der Waals surface area contributed by atoms with E-state index < -0.39 is 17.3 Å². The van der Waals surface area contributed by atoms with Crippen LogP contribution in [-0.4, -0.2) is 29.5 Å². The van der Waals surface area contributed by atoms with Gasteiger partial charge in [0.15, 0.2) is 5.76 Å². The summed E-state index contributed by atoms with van der Waals surface area (Å²) in [6, 6.07) is 14.4. The number of alkyl halides is 3. The molecule has 7 atom stereocenters. The molecule has 0 aliphatic heterocycles. The Kier molecular flexibility index (Phi) is 10.5. The molecule has 0 saturated heterocycles. The third-order valence-corrected chi connectivity index (χ3v) is 12.0. The number of fused-ring (bicyclic) bond motifs is 6. The summed E-state index contributed by atoms with van der Waals surface area (Å²) in [7, 11) is 1.85. The molecule has 9 heteroatoms. The summed E-state index contributed by atoms with van der Waals surface area (Å²) >= 11 is 0. The number of hydrogen-bond donors (Lipinski definition) is 2. The van der Waals surface area contributed by atoms with E-state index in [2.05, 4.69) is 36.3 Å². The number of benzene rings is 2. The Balaban J connectivity index is 0.000000186. The number of nitrogens with one attached hydrogen (secondary N) is 1. The van der Waals surface area contributed by atoms with E-state index in [0.717, 1.165) is 74.9 Å². The van der Waals surface area contributed by atoms with Gasteiger partial charge in [-0.05, 0) is 118 Å². The fourth-order valence-corrected chi connectivity index (χ4v) is 9.26. The minimum absolute atomic E-state index is 0. The molecule has 7 unspecified atom stereocenters. The van der Waals surface area contributed by atoms with Gasteiger partial charge in [-0.3, -0.25) is 0 Å². The average Bonchev–Trinajstić information content (AvgIpc) is 3.62. The van der Waals surface area contributed by atoms with E-state index in [4.69, 9.17) is 15.7 Å². The summed E-state index contributed by atoms with van der Waals surface area (Å²) in [6.07, 6.45) is 13.6. The van der Waals surface area contributed by atoms with E-state index >= 15 is 0 Å². The van der Waals surface area contributed by atoms with Crippen molar-refractivity contribution in [3.8, 4) is 18.1 Å². The molecule has 0 amide bonds. The molecule has 0 bridgehead atoms. The van der Waals surface area contributed by atoms with E-state index in [0.29, 0.717) is 23.5 Å². The van der Waals surface area contributed by atoms with Crippen molar-refractivity contribution >= 4 is 18.5 Å². The van der Waals surface area contributed by atoms with Gasteiger partial charge < -0.3 is 19.7 Å². The van der Waals surface area contributed by atoms with Gasteiger partial charge in [0.25, 0.3) is 0 Å². The zero-order valence-corrected chi connectivity index (χ0v) is 28.7. The second-order valence-corrected chi connectivity index (χ2v) is 14.3. The predicted molar refractivity (Wildman–Crippen MR) is 183 cm³/mol. The van der Waals surface area contributed by atoms with Gasteiger partial charge in [-0.15, -0.1) is 18.8 Å². The Morgan fingerprint density at radius 3 is 2.44 bits per heavy atom. The number of hydrogen-bond acceptors (Lipinski definition) is 5. The van der Waals surface area contributed by atoms with Crippen LogP contribution in [-0.2, 0) is 12.6 Å². The molecule has 7 rings (SSSR count). The van der Waals surface area contributed by atoms with Gasteiger partial charge in [0, 0.05) is 17.4 Å². The van der Waals surface area contributed by atoms with E-state index in [1.165, 1.54) is 24.1 Å². The van der Waals surface area contributed by atoms with Crippen LogP contribution in [0, 0.1) is 40.9 Å². The van der Waals surface area contributed by atoms with Gasteiger partial charge >= 0.3 is 6.18 Å². The molecule has 3 fully saturated rings. The minimum Gasteiger partial charge on any atom is -0.486 e. The molecule has 4 aliphatic rings. The third kappa shape index (κ3) is 6.54. The molecular formula is C39H46ClF3N2O3. The molecule has 5 nitrogen and oxygen atoms in total. The largest absolute Gasteiger partial charge is 0.486 e. The first-order chi connectivity index (χ1) is 22.4. The van der Waals surface area contributed by atoms with Crippen LogP contribution in [0.15, 0.2) is 70.9 Å². The second kappa shape index (κ2) is 13.9. The van der Waals surface area contributed by atoms with Crippen molar-refractivity contribution in [2.45, 2.75) is 83.1 Å². The van der Waals surface area contributed by atoms with E-state index in [-0.39, 0.29) is 29.3 Å². The number of rotatable bonds is 6. The van der Waals surface area contributed by atoms with Gasteiger partial charge in [-0.25, -0.2) is 0 Å². The molecule has 48 heavy (non-hydrogen) atoms. The van der Waals surface area contributed by atoms with Gasteiger partial charge in [-0.2, -0.15) is 13.2 Å². The lowest BCUT2D eigenvalue weighted by molar-refractivity contribution is -0.137. The summed E-state index contributed by atoms with van der Waals surface area (Å²) < 4.78 is 49.0. The lowest BCUT2D eigenvalue weighted by atomic mass is 9.46. The normalized spacial score (nSPS) is 30.8. The molecule has 1 aromatic heterocycles. The molecule has 258 valence electrons. The number of aromatic nitrogens is 1. The maximum atomic E-state index is 12.6. The maximum Gasteiger partial charge on any atom is 0.416 e. The predicted octanol–water partition coefficient (Wildman–Crippen LogP) is 9.08. The smallest absolute Gasteiger partial charge is 0.416 e. The van der Waals surface area contributed by atoms with Crippen LogP contribution < -0.4 is 10.1 Å². The van der Waals surface area contributed by atoms with Crippen LogP contribution in [0.4, 0.5) is 13.2 Å². The highest BCUT2D eigenvalue weighted by atomic mass is 35.5. The number of nitrogens with zero attached hydrogens (tertiary/aromatic N) is 1. The van der Waals surface area contributed by atoms with Crippen molar-refractivity contribution in [1.29, 1.82) is 0 Å². The molecule has 2 N–H and O–H groups in total. The minimum atomic E-state index is -4.33. The summed E-state index contributed by atoms with van der Waals surface area (Å²) in [5.41, 5.74) is 2.31. The highest BCUT2D eigenvalue weighted by Gasteiger charge is 2.63. The van der Waals surface area contributed by atoms with Crippen LogP contribution in [0.5, 0.6) is 5.75 Å². The fraction of sp³-hybridized carbons (Fsp3) is 0.513.